The smallest absolute Gasteiger partial charge is 0.356 e. The topological polar surface area (TPSA) is 55.1 Å². The van der Waals surface area contributed by atoms with Crippen LogP contribution in [-0.4, -0.2) is 20.9 Å². The maximum absolute atomic E-state index is 10.4. The molecule has 0 fully saturated rings. The first-order valence-corrected chi connectivity index (χ1v) is 3.86. The normalized spacial score (nSPS) is 10.6. The molecule has 0 saturated heterocycles. The van der Waals surface area contributed by atoms with E-state index in [1.807, 2.05) is 0 Å². The largest absolute Gasteiger partial charge is 0.476 e. The molecule has 4 nitrogen and oxygen atoms in total. The van der Waals surface area contributed by atoms with Crippen molar-refractivity contribution in [3.8, 4) is 0 Å². The fraction of sp³-hybridized carbons (Fsp3) is 0.500. The molecule has 0 radical (unpaired) electrons. The van der Waals surface area contributed by atoms with Gasteiger partial charge in [0.05, 0.1) is 0 Å². The molecule has 0 aromatic carbocycles. The van der Waals surface area contributed by atoms with Crippen molar-refractivity contribution in [1.82, 2.24) is 9.78 Å². The molecule has 0 saturated carbocycles. The summed E-state index contributed by atoms with van der Waals surface area (Å²) in [6.45, 7) is 4.87. The monoisotopic (exact) mass is 168 g/mol. The predicted octanol–water partition coefficient (Wildman–Crippen LogP) is 1.24. The average molecular weight is 168 g/mol. The standard InChI is InChI=1S/C8H12N2O2/c1-6(2)5-10-4-3-7(9-10)8(11)12/h3-4,6H,5H2,1-2H3,(H,11,12). The van der Waals surface area contributed by atoms with Gasteiger partial charge >= 0.3 is 5.97 Å². The number of carboxylic acid groups (broad SMARTS) is 1. The highest BCUT2D eigenvalue weighted by atomic mass is 16.4. The Kier molecular flexibility index (Phi) is 2.47. The third-order valence-electron chi connectivity index (χ3n) is 1.41. The van der Waals surface area contributed by atoms with Gasteiger partial charge in [0.25, 0.3) is 0 Å². The van der Waals surface area contributed by atoms with Gasteiger partial charge in [0.15, 0.2) is 5.69 Å². The number of nitrogens with zero attached hydrogens (tertiary/aromatic N) is 2. The van der Waals surface area contributed by atoms with E-state index >= 15 is 0 Å². The van der Waals surface area contributed by atoms with Crippen molar-refractivity contribution in [1.29, 1.82) is 0 Å². The summed E-state index contributed by atoms with van der Waals surface area (Å²) in [6.07, 6.45) is 1.68. The van der Waals surface area contributed by atoms with E-state index in [-0.39, 0.29) is 5.69 Å². The highest BCUT2D eigenvalue weighted by molar-refractivity contribution is 5.84. The fourth-order valence-corrected chi connectivity index (χ4v) is 0.952. The van der Waals surface area contributed by atoms with Crippen molar-refractivity contribution in [2.24, 2.45) is 5.92 Å². The van der Waals surface area contributed by atoms with E-state index in [1.54, 1.807) is 10.9 Å². The minimum atomic E-state index is -0.975. The van der Waals surface area contributed by atoms with E-state index in [4.69, 9.17) is 5.11 Å². The van der Waals surface area contributed by atoms with Crippen molar-refractivity contribution in [3.05, 3.63) is 18.0 Å². The molecule has 0 unspecified atom stereocenters. The third kappa shape index (κ3) is 2.08. The molecule has 1 rings (SSSR count). The SMILES string of the molecule is CC(C)Cn1ccc(C(=O)O)n1. The minimum absolute atomic E-state index is 0.107. The summed E-state index contributed by atoms with van der Waals surface area (Å²) in [4.78, 5) is 10.4. The maximum atomic E-state index is 10.4. The average Bonchev–Trinajstić information content (AvgIpc) is 2.34. The lowest BCUT2D eigenvalue weighted by atomic mass is 10.2. The Labute approximate surface area is 70.8 Å². The van der Waals surface area contributed by atoms with E-state index in [0.29, 0.717) is 5.92 Å². The number of aromatic nitrogens is 2. The first kappa shape index (κ1) is 8.77. The summed E-state index contributed by atoms with van der Waals surface area (Å²) in [6, 6.07) is 1.50. The zero-order chi connectivity index (χ0) is 9.14. The van der Waals surface area contributed by atoms with E-state index < -0.39 is 5.97 Å². The Hall–Kier alpha value is -1.32. The molecule has 1 N–H and O–H groups in total. The lowest BCUT2D eigenvalue weighted by molar-refractivity contribution is 0.0689. The van der Waals surface area contributed by atoms with Crippen LogP contribution in [0.25, 0.3) is 0 Å². The molecule has 0 amide bonds. The van der Waals surface area contributed by atoms with Crippen LogP contribution in [0.3, 0.4) is 0 Å². The number of aromatic carboxylic acids is 1. The first-order chi connectivity index (χ1) is 5.59. The highest BCUT2D eigenvalue weighted by Gasteiger charge is 2.06. The van der Waals surface area contributed by atoms with Crippen molar-refractivity contribution in [3.63, 3.8) is 0 Å². The van der Waals surface area contributed by atoms with Crippen LogP contribution in [0.1, 0.15) is 24.3 Å². The first-order valence-electron chi connectivity index (χ1n) is 3.86. The maximum Gasteiger partial charge on any atom is 0.356 e. The molecule has 0 bridgehead atoms. The number of carboxylic acids is 1. The Morgan fingerprint density at radius 1 is 1.75 bits per heavy atom. The van der Waals surface area contributed by atoms with Crippen molar-refractivity contribution < 1.29 is 9.90 Å². The van der Waals surface area contributed by atoms with E-state index in [1.165, 1.54) is 6.07 Å². The van der Waals surface area contributed by atoms with Crippen LogP contribution >= 0.6 is 0 Å². The van der Waals surface area contributed by atoms with E-state index in [2.05, 4.69) is 18.9 Å². The van der Waals surface area contributed by atoms with Crippen LogP contribution < -0.4 is 0 Å². The van der Waals surface area contributed by atoms with E-state index in [0.717, 1.165) is 6.54 Å². The lowest BCUT2D eigenvalue weighted by Crippen LogP contribution is -2.06. The summed E-state index contributed by atoms with van der Waals surface area (Å²) in [5.41, 5.74) is 0.107. The summed E-state index contributed by atoms with van der Waals surface area (Å²) >= 11 is 0. The molecule has 0 aliphatic rings. The molecule has 1 heterocycles. The summed E-state index contributed by atoms with van der Waals surface area (Å²) in [5.74, 6) is -0.496. The zero-order valence-electron chi connectivity index (χ0n) is 7.19. The molecule has 4 heteroatoms. The molecule has 0 atom stereocenters. The van der Waals surface area contributed by atoms with Gasteiger partial charge in [0.1, 0.15) is 0 Å². The van der Waals surface area contributed by atoms with Gasteiger partial charge < -0.3 is 5.11 Å². The second kappa shape index (κ2) is 3.38. The van der Waals surface area contributed by atoms with Gasteiger partial charge in [-0.3, -0.25) is 4.68 Å². The van der Waals surface area contributed by atoms with Crippen LogP contribution in [0.5, 0.6) is 0 Å². The molecule has 66 valence electrons. The quantitative estimate of drug-likeness (QED) is 0.738. The van der Waals surface area contributed by atoms with Crippen LogP contribution in [-0.2, 0) is 6.54 Å². The van der Waals surface area contributed by atoms with E-state index in [9.17, 15) is 4.79 Å². The van der Waals surface area contributed by atoms with Crippen molar-refractivity contribution in [2.45, 2.75) is 20.4 Å². The molecule has 12 heavy (non-hydrogen) atoms. The van der Waals surface area contributed by atoms with Crippen LogP contribution in [0.2, 0.25) is 0 Å². The molecular weight excluding hydrogens is 156 g/mol. The number of rotatable bonds is 3. The van der Waals surface area contributed by atoms with Crippen LogP contribution in [0, 0.1) is 5.92 Å². The fourth-order valence-electron chi connectivity index (χ4n) is 0.952. The number of hydrogen-bond acceptors (Lipinski definition) is 2. The van der Waals surface area contributed by atoms with Gasteiger partial charge in [-0.1, -0.05) is 13.8 Å². The summed E-state index contributed by atoms with van der Waals surface area (Å²) in [7, 11) is 0. The van der Waals surface area contributed by atoms with Gasteiger partial charge in [-0.2, -0.15) is 5.10 Å². The molecule has 1 aromatic heterocycles. The summed E-state index contributed by atoms with van der Waals surface area (Å²) < 4.78 is 1.65. The molecule has 0 aliphatic heterocycles. The number of carbonyl (C=O) groups is 1. The molecule has 1 aromatic rings. The van der Waals surface area contributed by atoms with Crippen LogP contribution in [0.15, 0.2) is 12.3 Å². The van der Waals surface area contributed by atoms with Gasteiger partial charge in [-0.15, -0.1) is 0 Å². The third-order valence-corrected chi connectivity index (χ3v) is 1.41. The Morgan fingerprint density at radius 3 is 2.83 bits per heavy atom. The Balaban J connectivity index is 2.71. The highest BCUT2D eigenvalue weighted by Crippen LogP contribution is 2.00. The van der Waals surface area contributed by atoms with Gasteiger partial charge in [-0.05, 0) is 12.0 Å². The summed E-state index contributed by atoms with van der Waals surface area (Å²) in [5, 5.41) is 12.4. The second-order valence-corrected chi connectivity index (χ2v) is 3.12. The lowest BCUT2D eigenvalue weighted by Gasteiger charge is -2.02. The van der Waals surface area contributed by atoms with Crippen molar-refractivity contribution in [2.75, 3.05) is 0 Å². The zero-order valence-corrected chi connectivity index (χ0v) is 7.19. The van der Waals surface area contributed by atoms with Gasteiger partial charge in [0, 0.05) is 12.7 Å². The molecule has 0 spiro atoms. The second-order valence-electron chi connectivity index (χ2n) is 3.12. The van der Waals surface area contributed by atoms with Crippen LogP contribution in [0.4, 0.5) is 0 Å². The van der Waals surface area contributed by atoms with Gasteiger partial charge in [0.2, 0.25) is 0 Å². The van der Waals surface area contributed by atoms with Crippen molar-refractivity contribution >= 4 is 5.97 Å². The molecular formula is C8H12N2O2. The Morgan fingerprint density at radius 2 is 2.42 bits per heavy atom. The Bertz CT molecular complexity index is 278. The van der Waals surface area contributed by atoms with Gasteiger partial charge in [-0.25, -0.2) is 4.79 Å². The minimum Gasteiger partial charge on any atom is -0.476 e. The predicted molar refractivity (Wildman–Crippen MR) is 44.0 cm³/mol. The molecule has 0 aliphatic carbocycles. The number of hydrogen-bond donors (Lipinski definition) is 1.